The number of hydrogen-bond acceptors (Lipinski definition) is 1. The standard InChI is InChI=1S/C11H11NO/c1-2-6-11(7-3-1)13-10-12-8-4-5-9-12/h1-9H,10H2. The van der Waals surface area contributed by atoms with Crippen molar-refractivity contribution in [2.75, 3.05) is 0 Å². The third kappa shape index (κ3) is 2.12. The minimum atomic E-state index is 0.566. The van der Waals surface area contributed by atoms with E-state index in [1.807, 2.05) is 59.4 Å². The van der Waals surface area contributed by atoms with Crippen molar-refractivity contribution in [3.8, 4) is 5.75 Å². The zero-order valence-corrected chi connectivity index (χ0v) is 7.26. The van der Waals surface area contributed by atoms with Gasteiger partial charge in [-0.2, -0.15) is 0 Å². The van der Waals surface area contributed by atoms with Crippen LogP contribution in [0.25, 0.3) is 0 Å². The van der Waals surface area contributed by atoms with Gasteiger partial charge in [0.1, 0.15) is 5.75 Å². The van der Waals surface area contributed by atoms with Crippen LogP contribution in [0.15, 0.2) is 54.9 Å². The minimum absolute atomic E-state index is 0.566. The van der Waals surface area contributed by atoms with Gasteiger partial charge in [0.25, 0.3) is 0 Å². The zero-order chi connectivity index (χ0) is 8.93. The van der Waals surface area contributed by atoms with Crippen molar-refractivity contribution < 1.29 is 4.74 Å². The third-order valence-corrected chi connectivity index (χ3v) is 1.79. The van der Waals surface area contributed by atoms with Gasteiger partial charge in [0.05, 0.1) is 0 Å². The molecule has 1 heterocycles. The van der Waals surface area contributed by atoms with Gasteiger partial charge in [-0.15, -0.1) is 0 Å². The Balaban J connectivity index is 1.94. The molecule has 0 amide bonds. The second-order valence-electron chi connectivity index (χ2n) is 2.78. The molecule has 0 aliphatic carbocycles. The van der Waals surface area contributed by atoms with E-state index >= 15 is 0 Å². The number of ether oxygens (including phenoxy) is 1. The van der Waals surface area contributed by atoms with Crippen molar-refractivity contribution in [2.45, 2.75) is 6.73 Å². The molecule has 0 fully saturated rings. The predicted octanol–water partition coefficient (Wildman–Crippen LogP) is 2.52. The van der Waals surface area contributed by atoms with Crippen LogP contribution in [0, 0.1) is 0 Å². The molecule has 0 spiro atoms. The first-order valence-electron chi connectivity index (χ1n) is 4.24. The first kappa shape index (κ1) is 7.92. The van der Waals surface area contributed by atoms with Crippen LogP contribution < -0.4 is 4.74 Å². The van der Waals surface area contributed by atoms with Gasteiger partial charge in [-0.1, -0.05) is 18.2 Å². The number of nitrogens with zero attached hydrogens (tertiary/aromatic N) is 1. The Morgan fingerprint density at radius 3 is 2.31 bits per heavy atom. The summed E-state index contributed by atoms with van der Waals surface area (Å²) in [5.74, 6) is 0.899. The first-order chi connectivity index (χ1) is 6.45. The molecule has 13 heavy (non-hydrogen) atoms. The molecule has 0 atom stereocenters. The average Bonchev–Trinajstić information content (AvgIpc) is 2.69. The molecule has 0 N–H and O–H groups in total. The van der Waals surface area contributed by atoms with E-state index in [4.69, 9.17) is 4.74 Å². The summed E-state index contributed by atoms with van der Waals surface area (Å²) in [4.78, 5) is 0. The molecule has 0 unspecified atom stereocenters. The normalized spacial score (nSPS) is 9.85. The fourth-order valence-electron chi connectivity index (χ4n) is 1.12. The van der Waals surface area contributed by atoms with Gasteiger partial charge in [-0.05, 0) is 24.3 Å². The van der Waals surface area contributed by atoms with Crippen LogP contribution in [-0.4, -0.2) is 4.57 Å². The van der Waals surface area contributed by atoms with Crippen LogP contribution in [0.1, 0.15) is 0 Å². The lowest BCUT2D eigenvalue weighted by Crippen LogP contribution is -2.01. The lowest BCUT2D eigenvalue weighted by molar-refractivity contribution is 0.237. The van der Waals surface area contributed by atoms with Crippen molar-refractivity contribution in [1.82, 2.24) is 4.57 Å². The van der Waals surface area contributed by atoms with E-state index in [0.717, 1.165) is 5.75 Å². The molecule has 0 saturated carbocycles. The van der Waals surface area contributed by atoms with Crippen LogP contribution in [0.2, 0.25) is 0 Å². The van der Waals surface area contributed by atoms with Crippen LogP contribution in [0.4, 0.5) is 0 Å². The fraction of sp³-hybridized carbons (Fsp3) is 0.0909. The SMILES string of the molecule is c1ccc(OCn2cccc2)cc1. The van der Waals surface area contributed by atoms with E-state index in [0.29, 0.717) is 6.73 Å². The lowest BCUT2D eigenvalue weighted by Gasteiger charge is -2.05. The van der Waals surface area contributed by atoms with Crippen molar-refractivity contribution in [2.24, 2.45) is 0 Å². The molecule has 66 valence electrons. The largest absolute Gasteiger partial charge is 0.473 e. The van der Waals surface area contributed by atoms with Crippen LogP contribution in [-0.2, 0) is 6.73 Å². The fourth-order valence-corrected chi connectivity index (χ4v) is 1.12. The highest BCUT2D eigenvalue weighted by Gasteiger charge is 1.90. The molecule has 2 heteroatoms. The van der Waals surface area contributed by atoms with Gasteiger partial charge in [0.2, 0.25) is 0 Å². The van der Waals surface area contributed by atoms with Crippen molar-refractivity contribution >= 4 is 0 Å². The van der Waals surface area contributed by atoms with Crippen molar-refractivity contribution in [1.29, 1.82) is 0 Å². The molecule has 0 radical (unpaired) electrons. The summed E-state index contributed by atoms with van der Waals surface area (Å²) in [6.07, 6.45) is 3.95. The molecule has 1 aromatic carbocycles. The van der Waals surface area contributed by atoms with Crippen molar-refractivity contribution in [3.63, 3.8) is 0 Å². The molecule has 2 rings (SSSR count). The van der Waals surface area contributed by atoms with Gasteiger partial charge in [-0.3, -0.25) is 0 Å². The number of benzene rings is 1. The van der Waals surface area contributed by atoms with Gasteiger partial charge in [0.15, 0.2) is 6.73 Å². The van der Waals surface area contributed by atoms with E-state index in [-0.39, 0.29) is 0 Å². The topological polar surface area (TPSA) is 14.2 Å². The summed E-state index contributed by atoms with van der Waals surface area (Å²) >= 11 is 0. The van der Waals surface area contributed by atoms with E-state index in [2.05, 4.69) is 0 Å². The molecule has 2 aromatic rings. The Morgan fingerprint density at radius 1 is 0.923 bits per heavy atom. The lowest BCUT2D eigenvalue weighted by atomic mass is 10.3. The molecule has 0 aliphatic heterocycles. The maximum absolute atomic E-state index is 5.51. The molecule has 2 nitrogen and oxygen atoms in total. The Bertz CT molecular complexity index is 340. The highest BCUT2D eigenvalue weighted by atomic mass is 16.5. The van der Waals surface area contributed by atoms with E-state index in [1.54, 1.807) is 0 Å². The van der Waals surface area contributed by atoms with E-state index in [9.17, 15) is 0 Å². The summed E-state index contributed by atoms with van der Waals surface area (Å²) in [5, 5.41) is 0. The van der Waals surface area contributed by atoms with Crippen LogP contribution in [0.5, 0.6) is 5.75 Å². The summed E-state index contributed by atoms with van der Waals surface area (Å²) in [6, 6.07) is 13.8. The zero-order valence-electron chi connectivity index (χ0n) is 7.26. The second kappa shape index (κ2) is 3.81. The van der Waals surface area contributed by atoms with E-state index in [1.165, 1.54) is 0 Å². The molecular weight excluding hydrogens is 162 g/mol. The Labute approximate surface area is 77.4 Å². The molecule has 1 aromatic heterocycles. The monoisotopic (exact) mass is 173 g/mol. The van der Waals surface area contributed by atoms with Crippen molar-refractivity contribution in [3.05, 3.63) is 54.9 Å². The van der Waals surface area contributed by atoms with Crippen LogP contribution in [0.3, 0.4) is 0 Å². The predicted molar refractivity (Wildman–Crippen MR) is 51.5 cm³/mol. The number of rotatable bonds is 3. The van der Waals surface area contributed by atoms with Gasteiger partial charge in [0, 0.05) is 12.4 Å². The second-order valence-corrected chi connectivity index (χ2v) is 2.78. The van der Waals surface area contributed by atoms with E-state index < -0.39 is 0 Å². The minimum Gasteiger partial charge on any atom is -0.473 e. The third-order valence-electron chi connectivity index (χ3n) is 1.79. The Morgan fingerprint density at radius 2 is 1.62 bits per heavy atom. The Kier molecular flexibility index (Phi) is 2.32. The molecular formula is C11H11NO. The molecule has 0 bridgehead atoms. The summed E-state index contributed by atoms with van der Waals surface area (Å²) in [7, 11) is 0. The average molecular weight is 173 g/mol. The quantitative estimate of drug-likeness (QED) is 0.695. The van der Waals surface area contributed by atoms with Crippen LogP contribution >= 0.6 is 0 Å². The number of aromatic nitrogens is 1. The van der Waals surface area contributed by atoms with Gasteiger partial charge in [-0.25, -0.2) is 0 Å². The highest BCUT2D eigenvalue weighted by molar-refractivity contribution is 5.20. The number of hydrogen-bond donors (Lipinski definition) is 0. The maximum atomic E-state index is 5.51. The summed E-state index contributed by atoms with van der Waals surface area (Å²) < 4.78 is 7.49. The summed E-state index contributed by atoms with van der Waals surface area (Å²) in [6.45, 7) is 0.566. The Hall–Kier alpha value is -1.70. The van der Waals surface area contributed by atoms with Gasteiger partial charge < -0.3 is 9.30 Å². The number of para-hydroxylation sites is 1. The molecule has 0 aliphatic rings. The molecule has 0 saturated heterocycles. The summed E-state index contributed by atoms with van der Waals surface area (Å²) in [5.41, 5.74) is 0. The maximum Gasteiger partial charge on any atom is 0.164 e. The highest BCUT2D eigenvalue weighted by Crippen LogP contribution is 2.08. The first-order valence-corrected chi connectivity index (χ1v) is 4.24. The van der Waals surface area contributed by atoms with Gasteiger partial charge >= 0.3 is 0 Å². The smallest absolute Gasteiger partial charge is 0.164 e.